The van der Waals surface area contributed by atoms with Crippen molar-refractivity contribution >= 4 is 65.9 Å². The summed E-state index contributed by atoms with van der Waals surface area (Å²) in [6, 6.07) is 57.3. The summed E-state index contributed by atoms with van der Waals surface area (Å²) in [6.45, 7) is 8.51. The Bertz CT molecular complexity index is 2780. The number of aromatic nitrogens is 1. The second-order valence-electron chi connectivity index (χ2n) is 15.2. The van der Waals surface area contributed by atoms with E-state index in [4.69, 9.17) is 9.31 Å². The third-order valence-corrected chi connectivity index (χ3v) is 12.7. The van der Waals surface area contributed by atoms with Gasteiger partial charge >= 0.3 is 7.12 Å². The number of fused-ring (bicyclic) bond motifs is 6. The molecule has 1 aliphatic heterocycles. The van der Waals surface area contributed by atoms with Gasteiger partial charge < -0.3 is 13.9 Å². The summed E-state index contributed by atoms with van der Waals surface area (Å²) in [6.07, 6.45) is 0. The highest BCUT2D eigenvalue weighted by Gasteiger charge is 2.52. The molecule has 0 radical (unpaired) electrons. The predicted octanol–water partition coefficient (Wildman–Crippen LogP) is 12.5. The molecule has 2 aromatic heterocycles. The van der Waals surface area contributed by atoms with Gasteiger partial charge in [-0.3, -0.25) is 0 Å². The fourth-order valence-electron chi connectivity index (χ4n) is 7.97. The third kappa shape index (κ3) is 5.18. The third-order valence-electron chi connectivity index (χ3n) is 11.5. The van der Waals surface area contributed by atoms with E-state index < -0.39 is 18.3 Å². The van der Waals surface area contributed by atoms with Crippen LogP contribution in [0.4, 0.5) is 0 Å². The smallest absolute Gasteiger partial charge is 0.399 e. The molecular formula is C48H38BNO2S. The van der Waals surface area contributed by atoms with Crippen molar-refractivity contribution in [3.63, 3.8) is 0 Å². The number of hydrogen-bond acceptors (Lipinski definition) is 3. The first kappa shape index (κ1) is 32.2. The zero-order chi connectivity index (χ0) is 35.9. The molecule has 0 bridgehead atoms. The molecule has 0 amide bonds. The van der Waals surface area contributed by atoms with Crippen molar-refractivity contribution in [1.82, 2.24) is 4.57 Å². The van der Waals surface area contributed by atoms with Gasteiger partial charge in [-0.2, -0.15) is 0 Å². The molecule has 0 unspecified atom stereocenters. The number of rotatable bonds is 5. The Morgan fingerprint density at radius 3 is 1.66 bits per heavy atom. The minimum atomic E-state index is -0.522. The van der Waals surface area contributed by atoms with Crippen molar-refractivity contribution in [3.8, 4) is 39.1 Å². The van der Waals surface area contributed by atoms with Crippen LogP contribution in [0.15, 0.2) is 158 Å². The number of nitrogens with zero attached hydrogens (tertiary/aromatic N) is 1. The lowest BCUT2D eigenvalue weighted by atomic mass is 9.73. The van der Waals surface area contributed by atoms with Crippen LogP contribution in [0.2, 0.25) is 0 Å². The molecule has 0 saturated carbocycles. The zero-order valence-electron chi connectivity index (χ0n) is 30.3. The van der Waals surface area contributed by atoms with Crippen LogP contribution in [0.25, 0.3) is 81.0 Å². The van der Waals surface area contributed by atoms with Crippen LogP contribution < -0.4 is 5.46 Å². The van der Waals surface area contributed by atoms with Gasteiger partial charge in [-0.15, -0.1) is 11.3 Å². The lowest BCUT2D eigenvalue weighted by Crippen LogP contribution is -2.41. The fraction of sp³-hybridized carbons (Fsp3) is 0.125. The predicted molar refractivity (Wildman–Crippen MR) is 226 cm³/mol. The maximum atomic E-state index is 6.79. The maximum Gasteiger partial charge on any atom is 0.495 e. The molecule has 1 fully saturated rings. The van der Waals surface area contributed by atoms with Crippen molar-refractivity contribution in [3.05, 3.63) is 158 Å². The topological polar surface area (TPSA) is 23.4 Å². The van der Waals surface area contributed by atoms with Crippen LogP contribution in [0.3, 0.4) is 0 Å². The number of thiophene rings is 1. The molecule has 1 saturated heterocycles. The Balaban J connectivity index is 1.25. The summed E-state index contributed by atoms with van der Waals surface area (Å²) >= 11 is 1.86. The van der Waals surface area contributed by atoms with Crippen molar-refractivity contribution in [1.29, 1.82) is 0 Å². The second-order valence-corrected chi connectivity index (χ2v) is 16.2. The number of hydrogen-bond donors (Lipinski definition) is 0. The molecule has 0 spiro atoms. The van der Waals surface area contributed by atoms with Crippen LogP contribution in [0.1, 0.15) is 27.7 Å². The Hall–Kier alpha value is -5.46. The van der Waals surface area contributed by atoms with Crippen LogP contribution in [0, 0.1) is 0 Å². The molecule has 0 aliphatic carbocycles. The zero-order valence-corrected chi connectivity index (χ0v) is 31.1. The first-order valence-electron chi connectivity index (χ1n) is 18.4. The Labute approximate surface area is 314 Å². The van der Waals surface area contributed by atoms with E-state index in [0.29, 0.717) is 0 Å². The molecule has 0 atom stereocenters. The van der Waals surface area contributed by atoms with Gasteiger partial charge in [0.25, 0.3) is 0 Å². The van der Waals surface area contributed by atoms with E-state index in [1.807, 2.05) is 11.3 Å². The summed E-state index contributed by atoms with van der Waals surface area (Å²) in [5.74, 6) is 0. The first-order chi connectivity index (χ1) is 25.8. The summed E-state index contributed by atoms with van der Waals surface area (Å²) in [4.78, 5) is 0. The maximum absolute atomic E-state index is 6.79. The SMILES string of the molecule is CC1(C)OB(c2ccc(-c3ccc(-c4ccccc4)cc3)cc2-c2cc(-n3c4ccccc4c4ccccc43)cc3c2sc2ccccc23)OC1(C)C. The van der Waals surface area contributed by atoms with Crippen LogP contribution in [-0.2, 0) is 9.31 Å². The average Bonchev–Trinajstić information content (AvgIpc) is 3.80. The van der Waals surface area contributed by atoms with E-state index in [2.05, 4.69) is 190 Å². The highest BCUT2D eigenvalue weighted by atomic mass is 32.1. The van der Waals surface area contributed by atoms with E-state index in [9.17, 15) is 0 Å². The standard InChI is InChI=1S/C48H38BNO2S/c1-47(2)48(3,4)52-49(51-47)42-27-26-34(33-24-22-32(23-25-33)31-14-6-5-7-15-31)28-39(42)41-30-35(29-40-38-18-10-13-21-45(38)53-46(40)41)50-43-19-11-8-16-36(43)37-17-9-12-20-44(37)50/h5-30H,1-4H3. The van der Waals surface area contributed by atoms with Gasteiger partial charge in [0.1, 0.15) is 0 Å². The van der Waals surface area contributed by atoms with Gasteiger partial charge in [-0.1, -0.05) is 121 Å². The first-order valence-corrected chi connectivity index (χ1v) is 19.2. The van der Waals surface area contributed by atoms with Gasteiger partial charge in [0.2, 0.25) is 0 Å². The van der Waals surface area contributed by atoms with Crippen molar-refractivity contribution in [2.24, 2.45) is 0 Å². The molecular weight excluding hydrogens is 665 g/mol. The molecule has 5 heteroatoms. The average molecular weight is 704 g/mol. The minimum Gasteiger partial charge on any atom is -0.399 e. The molecule has 10 rings (SSSR count). The summed E-state index contributed by atoms with van der Waals surface area (Å²) in [7, 11) is -0.522. The fourth-order valence-corrected chi connectivity index (χ4v) is 9.18. The van der Waals surface area contributed by atoms with Gasteiger partial charge in [0.15, 0.2) is 0 Å². The van der Waals surface area contributed by atoms with E-state index in [0.717, 1.165) is 27.8 Å². The van der Waals surface area contributed by atoms with Gasteiger partial charge in [-0.05, 0) is 97.4 Å². The lowest BCUT2D eigenvalue weighted by molar-refractivity contribution is 0.00578. The quantitative estimate of drug-likeness (QED) is 0.167. The van der Waals surface area contributed by atoms with Gasteiger partial charge in [0, 0.05) is 42.2 Å². The van der Waals surface area contributed by atoms with E-state index >= 15 is 0 Å². The Morgan fingerprint density at radius 1 is 0.472 bits per heavy atom. The van der Waals surface area contributed by atoms with Crippen molar-refractivity contribution in [2.45, 2.75) is 38.9 Å². The molecule has 256 valence electrons. The molecule has 3 nitrogen and oxygen atoms in total. The molecule has 53 heavy (non-hydrogen) atoms. The molecule has 7 aromatic carbocycles. The number of para-hydroxylation sites is 2. The summed E-state index contributed by atoms with van der Waals surface area (Å²) in [5.41, 5.74) is 10.6. The molecule has 9 aromatic rings. The highest BCUT2D eigenvalue weighted by molar-refractivity contribution is 7.26. The van der Waals surface area contributed by atoms with E-state index in [-0.39, 0.29) is 0 Å². The molecule has 1 aliphatic rings. The molecule has 3 heterocycles. The van der Waals surface area contributed by atoms with Crippen LogP contribution in [-0.4, -0.2) is 22.9 Å². The Morgan fingerprint density at radius 2 is 1.00 bits per heavy atom. The van der Waals surface area contributed by atoms with E-state index in [1.165, 1.54) is 58.7 Å². The normalized spacial score (nSPS) is 15.3. The van der Waals surface area contributed by atoms with Gasteiger partial charge in [-0.25, -0.2) is 0 Å². The van der Waals surface area contributed by atoms with Crippen molar-refractivity contribution in [2.75, 3.05) is 0 Å². The van der Waals surface area contributed by atoms with Crippen LogP contribution in [0.5, 0.6) is 0 Å². The Kier molecular flexibility index (Phi) is 7.32. The van der Waals surface area contributed by atoms with Crippen LogP contribution >= 0.6 is 11.3 Å². The second kappa shape index (κ2) is 12.0. The summed E-state index contributed by atoms with van der Waals surface area (Å²) < 4.78 is 18.5. The summed E-state index contributed by atoms with van der Waals surface area (Å²) in [5, 5.41) is 5.01. The van der Waals surface area contributed by atoms with Gasteiger partial charge in [0.05, 0.1) is 22.2 Å². The highest BCUT2D eigenvalue weighted by Crippen LogP contribution is 2.45. The van der Waals surface area contributed by atoms with Crippen molar-refractivity contribution < 1.29 is 9.31 Å². The lowest BCUT2D eigenvalue weighted by Gasteiger charge is -2.32. The largest absolute Gasteiger partial charge is 0.495 e. The number of benzene rings is 7. The van der Waals surface area contributed by atoms with E-state index in [1.54, 1.807) is 0 Å². The monoisotopic (exact) mass is 703 g/mol. The molecule has 0 N–H and O–H groups in total. The minimum absolute atomic E-state index is 0.474.